The third kappa shape index (κ3) is 14.4. The Morgan fingerprint density at radius 2 is 1.21 bits per heavy atom. The van der Waals surface area contributed by atoms with E-state index in [1.165, 1.54) is 0 Å². The smallest absolute Gasteiger partial charge is 0.407 e. The normalized spacial score (nSPS) is 13.7. The lowest BCUT2D eigenvalue weighted by Crippen LogP contribution is -2.38. The molecule has 13 nitrogen and oxygen atoms in total. The fourth-order valence-corrected chi connectivity index (χ4v) is 3.26. The summed E-state index contributed by atoms with van der Waals surface area (Å²) in [7, 11) is 0. The molecular formula is C25H42N4O9. The number of imide groups is 1. The Balaban J connectivity index is 2.52. The number of nitrogens with one attached hydrogen (secondary N) is 2. The highest BCUT2D eigenvalue weighted by atomic mass is 16.7. The van der Waals surface area contributed by atoms with E-state index in [4.69, 9.17) is 14.3 Å². The summed E-state index contributed by atoms with van der Waals surface area (Å²) < 4.78 is 10.4. The van der Waals surface area contributed by atoms with E-state index in [1.54, 1.807) is 46.4 Å². The maximum Gasteiger partial charge on any atom is 0.407 e. The number of hydrogen-bond donors (Lipinski definition) is 2. The van der Waals surface area contributed by atoms with Gasteiger partial charge in [-0.3, -0.25) is 14.4 Å². The molecule has 5 amide bonds. The molecule has 0 aromatic rings. The number of carbonyl (C=O) groups excluding carboxylic acids is 6. The van der Waals surface area contributed by atoms with Crippen LogP contribution in [0.2, 0.25) is 0 Å². The minimum absolute atomic E-state index is 0.00509. The van der Waals surface area contributed by atoms with Crippen LogP contribution in [0.4, 0.5) is 9.59 Å². The zero-order valence-corrected chi connectivity index (χ0v) is 23.3. The molecule has 0 aromatic carbocycles. The van der Waals surface area contributed by atoms with Crippen LogP contribution in [0.15, 0.2) is 0 Å². The first kappa shape index (κ1) is 32.6. The van der Waals surface area contributed by atoms with E-state index in [-0.39, 0.29) is 38.0 Å². The Kier molecular flexibility index (Phi) is 13.0. The van der Waals surface area contributed by atoms with Crippen LogP contribution < -0.4 is 10.6 Å². The van der Waals surface area contributed by atoms with Crippen molar-refractivity contribution in [2.75, 3.05) is 26.2 Å². The van der Waals surface area contributed by atoms with Crippen LogP contribution in [0.1, 0.15) is 86.5 Å². The van der Waals surface area contributed by atoms with E-state index < -0.39 is 41.2 Å². The quantitative estimate of drug-likeness (QED) is 0.263. The fourth-order valence-electron chi connectivity index (χ4n) is 3.26. The van der Waals surface area contributed by atoms with E-state index in [0.29, 0.717) is 44.1 Å². The lowest BCUT2D eigenvalue weighted by molar-refractivity contribution is -0.197. The predicted molar refractivity (Wildman–Crippen MR) is 135 cm³/mol. The molecule has 0 spiro atoms. The summed E-state index contributed by atoms with van der Waals surface area (Å²) >= 11 is 0. The Morgan fingerprint density at radius 3 is 1.63 bits per heavy atom. The molecule has 1 rings (SSSR count). The maximum atomic E-state index is 12.8. The van der Waals surface area contributed by atoms with Gasteiger partial charge < -0.3 is 29.8 Å². The lowest BCUT2D eigenvalue weighted by Gasteiger charge is -2.24. The second-order valence-electron chi connectivity index (χ2n) is 10.8. The summed E-state index contributed by atoms with van der Waals surface area (Å²) in [5, 5.41) is 5.76. The van der Waals surface area contributed by atoms with Gasteiger partial charge in [-0.05, 0) is 60.8 Å². The van der Waals surface area contributed by atoms with Crippen LogP contribution in [0, 0.1) is 0 Å². The van der Waals surface area contributed by atoms with Crippen molar-refractivity contribution in [1.82, 2.24) is 20.6 Å². The monoisotopic (exact) mass is 542 g/mol. The zero-order chi connectivity index (χ0) is 28.9. The van der Waals surface area contributed by atoms with E-state index >= 15 is 0 Å². The number of rotatable bonds is 13. The summed E-state index contributed by atoms with van der Waals surface area (Å²) in [5.74, 6) is -2.12. The minimum atomic E-state index is -0.768. The number of nitrogens with zero attached hydrogens (tertiary/aromatic N) is 2. The highest BCUT2D eigenvalue weighted by Gasteiger charge is 2.32. The molecule has 0 unspecified atom stereocenters. The number of hydroxylamine groups is 2. The molecule has 0 atom stereocenters. The predicted octanol–water partition coefficient (Wildman–Crippen LogP) is 2.42. The summed E-state index contributed by atoms with van der Waals surface area (Å²) in [6.45, 7) is 11.8. The molecule has 0 radical (unpaired) electrons. The molecule has 38 heavy (non-hydrogen) atoms. The first-order valence-electron chi connectivity index (χ1n) is 12.9. The van der Waals surface area contributed by atoms with Crippen LogP contribution in [0.3, 0.4) is 0 Å². The molecule has 0 saturated carbocycles. The number of hydrogen-bond acceptors (Lipinski definition) is 9. The van der Waals surface area contributed by atoms with Crippen molar-refractivity contribution in [2.24, 2.45) is 0 Å². The van der Waals surface area contributed by atoms with Crippen molar-refractivity contribution in [3.8, 4) is 0 Å². The van der Waals surface area contributed by atoms with Gasteiger partial charge in [0.15, 0.2) is 0 Å². The van der Waals surface area contributed by atoms with Gasteiger partial charge in [-0.1, -0.05) is 0 Å². The molecule has 1 fully saturated rings. The van der Waals surface area contributed by atoms with Crippen molar-refractivity contribution in [3.05, 3.63) is 0 Å². The molecule has 216 valence electrons. The van der Waals surface area contributed by atoms with E-state index in [2.05, 4.69) is 10.6 Å². The Labute approximate surface area is 223 Å². The highest BCUT2D eigenvalue weighted by molar-refractivity contribution is 6.01. The van der Waals surface area contributed by atoms with Crippen LogP contribution in [0.5, 0.6) is 0 Å². The van der Waals surface area contributed by atoms with E-state index in [0.717, 1.165) is 0 Å². The first-order valence-corrected chi connectivity index (χ1v) is 12.9. The van der Waals surface area contributed by atoms with Crippen LogP contribution in [0.25, 0.3) is 0 Å². The molecular weight excluding hydrogens is 500 g/mol. The minimum Gasteiger partial charge on any atom is -0.444 e. The molecule has 2 N–H and O–H groups in total. The van der Waals surface area contributed by atoms with Crippen molar-refractivity contribution in [3.63, 3.8) is 0 Å². The Bertz CT molecular complexity index is 810. The van der Waals surface area contributed by atoms with Crippen molar-refractivity contribution < 1.29 is 43.1 Å². The average Bonchev–Trinajstić information content (AvgIpc) is 3.07. The molecule has 1 heterocycles. The van der Waals surface area contributed by atoms with Crippen LogP contribution >= 0.6 is 0 Å². The van der Waals surface area contributed by atoms with Gasteiger partial charge in [0, 0.05) is 51.9 Å². The van der Waals surface area contributed by atoms with Gasteiger partial charge in [-0.15, -0.1) is 5.06 Å². The molecule has 1 saturated heterocycles. The van der Waals surface area contributed by atoms with Crippen molar-refractivity contribution in [1.29, 1.82) is 0 Å². The average molecular weight is 543 g/mol. The number of carbonyl (C=O) groups is 6. The van der Waals surface area contributed by atoms with E-state index in [1.807, 2.05) is 0 Å². The largest absolute Gasteiger partial charge is 0.444 e. The molecule has 0 aromatic heterocycles. The lowest BCUT2D eigenvalue weighted by atomic mass is 10.2. The van der Waals surface area contributed by atoms with Gasteiger partial charge in [-0.2, -0.15) is 0 Å². The summed E-state index contributed by atoms with van der Waals surface area (Å²) in [6, 6.07) is 0. The Hall–Kier alpha value is -3.38. The zero-order valence-electron chi connectivity index (χ0n) is 23.3. The van der Waals surface area contributed by atoms with Crippen molar-refractivity contribution in [2.45, 2.75) is 97.7 Å². The standard InChI is InChI=1S/C25H42N4O9/c1-24(2,3)36-22(34)26-14-8-16-28(17-9-15-27-23(35)37-25(4,5)6)18(30)10-7-11-21(33)38-29-19(31)12-13-20(29)32/h7-17H2,1-6H3,(H,26,34)(H,27,35). The second-order valence-corrected chi connectivity index (χ2v) is 10.8. The van der Waals surface area contributed by atoms with Crippen LogP contribution in [-0.4, -0.2) is 83.2 Å². The Morgan fingerprint density at radius 1 is 0.763 bits per heavy atom. The molecule has 1 aliphatic rings. The van der Waals surface area contributed by atoms with Gasteiger partial charge in [0.05, 0.1) is 0 Å². The first-order chi connectivity index (χ1) is 17.6. The highest BCUT2D eigenvalue weighted by Crippen LogP contribution is 2.14. The summed E-state index contributed by atoms with van der Waals surface area (Å²) in [5.41, 5.74) is -1.24. The molecule has 0 bridgehead atoms. The second kappa shape index (κ2) is 15.1. The van der Waals surface area contributed by atoms with Crippen LogP contribution in [-0.2, 0) is 33.5 Å². The summed E-state index contributed by atoms with van der Waals surface area (Å²) in [6.07, 6.45) is -0.104. The van der Waals surface area contributed by atoms with Gasteiger partial charge in [-0.25, -0.2) is 14.4 Å². The van der Waals surface area contributed by atoms with Gasteiger partial charge in [0.1, 0.15) is 11.2 Å². The fraction of sp³-hybridized carbons (Fsp3) is 0.760. The topological polar surface area (TPSA) is 161 Å². The molecule has 13 heteroatoms. The SMILES string of the molecule is CC(C)(C)OC(=O)NCCCN(CCCNC(=O)OC(C)(C)C)C(=O)CCCC(=O)ON1C(=O)CCC1=O. The van der Waals surface area contributed by atoms with E-state index in [9.17, 15) is 28.8 Å². The van der Waals surface area contributed by atoms with Crippen molar-refractivity contribution >= 4 is 35.9 Å². The van der Waals surface area contributed by atoms with Gasteiger partial charge in [0.25, 0.3) is 11.8 Å². The third-order valence-electron chi connectivity index (χ3n) is 4.87. The number of alkyl carbamates (subject to hydrolysis) is 2. The molecule has 1 aliphatic heterocycles. The van der Waals surface area contributed by atoms with Gasteiger partial charge in [0.2, 0.25) is 5.91 Å². The van der Waals surface area contributed by atoms with Gasteiger partial charge >= 0.3 is 18.2 Å². The number of amides is 5. The molecule has 0 aliphatic carbocycles. The third-order valence-corrected chi connectivity index (χ3v) is 4.87. The number of ether oxygens (including phenoxy) is 2. The summed E-state index contributed by atoms with van der Waals surface area (Å²) in [4.78, 5) is 78.0. The maximum absolute atomic E-state index is 12.8.